The Balaban J connectivity index is 1.37. The fourth-order valence-corrected chi connectivity index (χ4v) is 4.06. The molecule has 3 heterocycles. The molecule has 0 unspecified atom stereocenters. The Kier molecular flexibility index (Phi) is 5.53. The predicted octanol–water partition coefficient (Wildman–Crippen LogP) is 3.73. The third-order valence-corrected chi connectivity index (χ3v) is 5.66. The first kappa shape index (κ1) is 19.5. The van der Waals surface area contributed by atoms with Gasteiger partial charge >= 0.3 is 5.97 Å². The smallest absolute Gasteiger partial charge is 0.310 e. The SMILES string of the molecule is Cc1cc(C(=O)COC(=O)Cc2c[nH]c3ccccc23)c(C)n1C[C@H]1CCCO1. The molecule has 6 heteroatoms. The largest absolute Gasteiger partial charge is 0.457 e. The topological polar surface area (TPSA) is 73.3 Å². The lowest BCUT2D eigenvalue weighted by molar-refractivity contribution is -0.141. The minimum atomic E-state index is -0.406. The van der Waals surface area contributed by atoms with E-state index < -0.39 is 5.97 Å². The minimum Gasteiger partial charge on any atom is -0.457 e. The number of hydrogen-bond acceptors (Lipinski definition) is 4. The van der Waals surface area contributed by atoms with Crippen LogP contribution >= 0.6 is 0 Å². The highest BCUT2D eigenvalue weighted by Gasteiger charge is 2.22. The summed E-state index contributed by atoms with van der Waals surface area (Å²) in [7, 11) is 0. The van der Waals surface area contributed by atoms with E-state index >= 15 is 0 Å². The summed E-state index contributed by atoms with van der Waals surface area (Å²) in [6.45, 7) is 5.24. The van der Waals surface area contributed by atoms with Crippen molar-refractivity contribution in [3.8, 4) is 0 Å². The number of Topliss-reactive ketones (excluding diaryl/α,β-unsaturated/α-hetero) is 1. The maximum absolute atomic E-state index is 12.7. The minimum absolute atomic E-state index is 0.134. The highest BCUT2D eigenvalue weighted by molar-refractivity contribution is 5.99. The van der Waals surface area contributed by atoms with Crippen LogP contribution in [0.25, 0.3) is 10.9 Å². The van der Waals surface area contributed by atoms with Crippen molar-refractivity contribution in [2.24, 2.45) is 0 Å². The standard InChI is InChI=1S/C23H26N2O4/c1-15-10-20(16(2)25(15)13-18-6-5-9-28-18)22(26)14-29-23(27)11-17-12-24-21-8-4-3-7-19(17)21/h3-4,7-8,10,12,18,24H,5-6,9,11,13-14H2,1-2H3/t18-/m1/s1. The molecule has 29 heavy (non-hydrogen) atoms. The second-order valence-corrected chi connectivity index (χ2v) is 7.65. The van der Waals surface area contributed by atoms with Crippen LogP contribution in [0.15, 0.2) is 36.5 Å². The van der Waals surface area contributed by atoms with Crippen LogP contribution in [0.4, 0.5) is 0 Å². The Hall–Kier alpha value is -2.86. The van der Waals surface area contributed by atoms with Gasteiger partial charge in [0.05, 0.1) is 12.5 Å². The van der Waals surface area contributed by atoms with Crippen molar-refractivity contribution in [2.75, 3.05) is 13.2 Å². The first-order chi connectivity index (χ1) is 14.0. The molecule has 1 aliphatic rings. The van der Waals surface area contributed by atoms with Crippen molar-refractivity contribution in [2.45, 2.75) is 45.8 Å². The van der Waals surface area contributed by atoms with E-state index in [1.54, 1.807) is 0 Å². The van der Waals surface area contributed by atoms with Gasteiger partial charge in [-0.25, -0.2) is 0 Å². The molecule has 0 radical (unpaired) electrons. The zero-order chi connectivity index (χ0) is 20.4. The second kappa shape index (κ2) is 8.25. The number of aryl methyl sites for hydroxylation is 1. The first-order valence-electron chi connectivity index (χ1n) is 10.0. The van der Waals surface area contributed by atoms with Gasteiger partial charge in [-0.05, 0) is 44.4 Å². The molecule has 0 spiro atoms. The molecule has 4 rings (SSSR count). The van der Waals surface area contributed by atoms with Crippen LogP contribution < -0.4 is 0 Å². The highest BCUT2D eigenvalue weighted by atomic mass is 16.5. The van der Waals surface area contributed by atoms with Gasteiger partial charge in [0.15, 0.2) is 6.61 Å². The molecule has 0 saturated carbocycles. The maximum atomic E-state index is 12.7. The van der Waals surface area contributed by atoms with E-state index in [1.165, 1.54) is 0 Å². The average molecular weight is 394 g/mol. The molecule has 152 valence electrons. The lowest BCUT2D eigenvalue weighted by atomic mass is 10.1. The summed E-state index contributed by atoms with van der Waals surface area (Å²) in [6, 6.07) is 9.67. The summed E-state index contributed by atoms with van der Waals surface area (Å²) < 4.78 is 13.1. The number of nitrogens with one attached hydrogen (secondary N) is 1. The van der Waals surface area contributed by atoms with E-state index in [2.05, 4.69) is 9.55 Å². The zero-order valence-corrected chi connectivity index (χ0v) is 16.9. The second-order valence-electron chi connectivity index (χ2n) is 7.65. The van der Waals surface area contributed by atoms with Gasteiger partial charge in [-0.2, -0.15) is 0 Å². The van der Waals surface area contributed by atoms with Crippen LogP contribution in [0.2, 0.25) is 0 Å². The van der Waals surface area contributed by atoms with Crippen molar-refractivity contribution in [1.82, 2.24) is 9.55 Å². The van der Waals surface area contributed by atoms with E-state index in [1.807, 2.05) is 50.4 Å². The summed E-state index contributed by atoms with van der Waals surface area (Å²) >= 11 is 0. The number of para-hydroxylation sites is 1. The first-order valence-corrected chi connectivity index (χ1v) is 10.0. The van der Waals surface area contributed by atoms with Gasteiger partial charge in [0.1, 0.15) is 0 Å². The monoisotopic (exact) mass is 394 g/mol. The molecule has 1 atom stereocenters. The van der Waals surface area contributed by atoms with Gasteiger partial charge in [-0.1, -0.05) is 18.2 Å². The number of rotatable bonds is 7. The lowest BCUT2D eigenvalue weighted by Gasteiger charge is -2.14. The summed E-state index contributed by atoms with van der Waals surface area (Å²) in [4.78, 5) is 28.1. The molecule has 1 saturated heterocycles. The van der Waals surface area contributed by atoms with Crippen LogP contribution in [0, 0.1) is 13.8 Å². The molecule has 0 amide bonds. The van der Waals surface area contributed by atoms with Gasteiger partial charge in [0.2, 0.25) is 5.78 Å². The number of ether oxygens (including phenoxy) is 2. The van der Waals surface area contributed by atoms with E-state index in [-0.39, 0.29) is 24.9 Å². The normalized spacial score (nSPS) is 16.4. The third-order valence-electron chi connectivity index (χ3n) is 5.66. The molecule has 1 aromatic carbocycles. The van der Waals surface area contributed by atoms with Crippen molar-refractivity contribution < 1.29 is 19.1 Å². The van der Waals surface area contributed by atoms with Gasteiger partial charge in [0, 0.05) is 47.2 Å². The molecule has 6 nitrogen and oxygen atoms in total. The van der Waals surface area contributed by atoms with Crippen LogP contribution in [0.5, 0.6) is 0 Å². The highest BCUT2D eigenvalue weighted by Crippen LogP contribution is 2.21. The maximum Gasteiger partial charge on any atom is 0.310 e. The quantitative estimate of drug-likeness (QED) is 0.489. The number of esters is 1. The van der Waals surface area contributed by atoms with Crippen LogP contribution in [0.3, 0.4) is 0 Å². The van der Waals surface area contributed by atoms with E-state index in [9.17, 15) is 9.59 Å². The number of aromatic nitrogens is 2. The van der Waals surface area contributed by atoms with Crippen LogP contribution in [-0.4, -0.2) is 40.6 Å². The molecule has 0 bridgehead atoms. The van der Waals surface area contributed by atoms with Crippen molar-refractivity contribution in [3.63, 3.8) is 0 Å². The number of nitrogens with zero attached hydrogens (tertiary/aromatic N) is 1. The number of carbonyl (C=O) groups is 2. The molecule has 3 aromatic rings. The van der Waals surface area contributed by atoms with E-state index in [4.69, 9.17) is 9.47 Å². The molecular formula is C23H26N2O4. The molecule has 2 aromatic heterocycles. The number of benzene rings is 1. The van der Waals surface area contributed by atoms with Gasteiger partial charge in [0.25, 0.3) is 0 Å². The Bertz CT molecular complexity index is 1040. The number of ketones is 1. The zero-order valence-electron chi connectivity index (χ0n) is 16.9. The average Bonchev–Trinajstić information content (AvgIpc) is 3.43. The Morgan fingerprint density at radius 3 is 2.90 bits per heavy atom. The molecule has 1 N–H and O–H groups in total. The number of H-pyrrole nitrogens is 1. The molecule has 1 aliphatic heterocycles. The van der Waals surface area contributed by atoms with Crippen molar-refractivity contribution in [3.05, 3.63) is 59.0 Å². The summed E-state index contributed by atoms with van der Waals surface area (Å²) in [5, 5.41) is 0.994. The summed E-state index contributed by atoms with van der Waals surface area (Å²) in [5.41, 5.74) is 4.38. The fraction of sp³-hybridized carbons (Fsp3) is 0.391. The molecular weight excluding hydrogens is 368 g/mol. The van der Waals surface area contributed by atoms with Gasteiger partial charge < -0.3 is 19.0 Å². The fourth-order valence-electron chi connectivity index (χ4n) is 4.06. The Labute approximate surface area is 169 Å². The Morgan fingerprint density at radius 2 is 2.10 bits per heavy atom. The van der Waals surface area contributed by atoms with Gasteiger partial charge in [-0.15, -0.1) is 0 Å². The Morgan fingerprint density at radius 1 is 1.28 bits per heavy atom. The molecule has 0 aliphatic carbocycles. The van der Waals surface area contributed by atoms with Crippen molar-refractivity contribution in [1.29, 1.82) is 0 Å². The van der Waals surface area contributed by atoms with E-state index in [0.29, 0.717) is 5.56 Å². The van der Waals surface area contributed by atoms with Crippen LogP contribution in [-0.2, 0) is 27.2 Å². The number of carbonyl (C=O) groups excluding carboxylic acids is 2. The lowest BCUT2D eigenvalue weighted by Crippen LogP contribution is -2.18. The van der Waals surface area contributed by atoms with E-state index in [0.717, 1.165) is 53.8 Å². The number of aromatic amines is 1. The van der Waals surface area contributed by atoms with Gasteiger partial charge in [-0.3, -0.25) is 9.59 Å². The van der Waals surface area contributed by atoms with Crippen LogP contribution in [0.1, 0.15) is 40.2 Å². The third kappa shape index (κ3) is 4.12. The van der Waals surface area contributed by atoms with Crippen molar-refractivity contribution >= 4 is 22.7 Å². The summed E-state index contributed by atoms with van der Waals surface area (Å²) in [6.07, 6.45) is 4.28. The predicted molar refractivity (Wildman–Crippen MR) is 110 cm³/mol. The number of hydrogen-bond donors (Lipinski definition) is 1. The summed E-state index contributed by atoms with van der Waals surface area (Å²) in [5.74, 6) is -0.583. The molecule has 1 fully saturated rings. The number of fused-ring (bicyclic) bond motifs is 1.